The van der Waals surface area contributed by atoms with Crippen LogP contribution in [0.2, 0.25) is 0 Å². The predicted octanol–water partition coefficient (Wildman–Crippen LogP) is -1.45. The van der Waals surface area contributed by atoms with Gasteiger partial charge in [-0.25, -0.2) is 0 Å². The average molecular weight is 262 g/mol. The van der Waals surface area contributed by atoms with Crippen molar-refractivity contribution in [3.05, 3.63) is 0 Å². The molecule has 0 aliphatic rings. The highest BCUT2D eigenvalue weighted by atomic mass is 127. The number of halogens is 1. The monoisotopic (exact) mass is 262 g/mol. The van der Waals surface area contributed by atoms with Gasteiger partial charge in [-0.15, -0.1) is 4.21 Å². The fourth-order valence-corrected chi connectivity index (χ4v) is 1.84. The Morgan fingerprint density at radius 2 is 1.22 bits per heavy atom. The Labute approximate surface area is 76.1 Å². The summed E-state index contributed by atoms with van der Waals surface area (Å²) in [5, 5.41) is 0. The van der Waals surface area contributed by atoms with E-state index < -0.39 is 9.93 Å². The molecule has 0 rings (SSSR count). The van der Waals surface area contributed by atoms with Crippen molar-refractivity contribution >= 4 is 9.93 Å². The third-order valence-electron chi connectivity index (χ3n) is 1.58. The summed E-state index contributed by atoms with van der Waals surface area (Å²) in [6.45, 7) is 5.99. The van der Waals surface area contributed by atoms with Crippen LogP contribution in [-0.4, -0.2) is 17.3 Å². The molecule has 0 bridgehead atoms. The largest absolute Gasteiger partial charge is 1.00 e. The maximum Gasteiger partial charge on any atom is 0.109 e. The highest BCUT2D eigenvalue weighted by Crippen LogP contribution is 2.02. The van der Waals surface area contributed by atoms with Crippen molar-refractivity contribution in [1.29, 1.82) is 0 Å². The van der Waals surface area contributed by atoms with E-state index in [-0.39, 0.29) is 24.0 Å². The lowest BCUT2D eigenvalue weighted by molar-refractivity contribution is -0.00000323. The molecule has 0 unspecified atom stereocenters. The lowest BCUT2D eigenvalue weighted by Crippen LogP contribution is -3.00. The molecule has 0 fully saturated rings. The van der Waals surface area contributed by atoms with E-state index in [1.54, 1.807) is 0 Å². The van der Waals surface area contributed by atoms with Crippen molar-refractivity contribution in [3.8, 4) is 0 Å². The Bertz CT molecular complexity index is 84.2. The van der Waals surface area contributed by atoms with Gasteiger partial charge in [0.1, 0.15) is 17.3 Å². The molecule has 1 nitrogen and oxygen atoms in total. The Kier molecular flexibility index (Phi) is 7.87. The average Bonchev–Trinajstić information content (AvgIpc) is 1.87. The maximum absolute atomic E-state index is 11.3. The van der Waals surface area contributed by atoms with E-state index in [9.17, 15) is 4.21 Å². The molecule has 58 valence electrons. The molecule has 0 N–H and O–H groups in total. The number of hydrogen-bond donors (Lipinski definition) is 0. The van der Waals surface area contributed by atoms with Crippen molar-refractivity contribution in [2.75, 3.05) is 17.3 Å². The van der Waals surface area contributed by atoms with E-state index >= 15 is 0 Å². The van der Waals surface area contributed by atoms with Crippen LogP contribution in [0.1, 0.15) is 20.8 Å². The van der Waals surface area contributed by atoms with Crippen LogP contribution < -0.4 is 24.0 Å². The summed E-state index contributed by atoms with van der Waals surface area (Å²) in [7, 11) is -1.40. The maximum atomic E-state index is 11.3. The lowest BCUT2D eigenvalue weighted by Gasteiger charge is -2.02. The first-order valence-electron chi connectivity index (χ1n) is 3.15. The van der Waals surface area contributed by atoms with Gasteiger partial charge in [0.25, 0.3) is 0 Å². The molecule has 0 aromatic heterocycles. The molecule has 0 amide bonds. The second kappa shape index (κ2) is 5.65. The molecular formula is C6H15IOS. The molecule has 0 aromatic carbocycles. The van der Waals surface area contributed by atoms with Crippen LogP contribution in [0.5, 0.6) is 0 Å². The lowest BCUT2D eigenvalue weighted by atomic mass is 10.9. The zero-order chi connectivity index (χ0) is 6.62. The fourth-order valence-electron chi connectivity index (χ4n) is 0.612. The van der Waals surface area contributed by atoms with Gasteiger partial charge in [0, 0.05) is 0 Å². The molecule has 9 heavy (non-hydrogen) atoms. The molecule has 3 heteroatoms. The third-order valence-corrected chi connectivity index (χ3v) is 4.73. The first-order valence-corrected chi connectivity index (χ1v) is 5.22. The SMILES string of the molecule is CC[S+](=O)(CC)CC.[I-]. The summed E-state index contributed by atoms with van der Waals surface area (Å²) in [5.74, 6) is 2.54. The third kappa shape index (κ3) is 4.31. The summed E-state index contributed by atoms with van der Waals surface area (Å²) < 4.78 is 11.3. The van der Waals surface area contributed by atoms with Gasteiger partial charge in [-0.2, -0.15) is 0 Å². The number of hydrogen-bond acceptors (Lipinski definition) is 1. The zero-order valence-corrected chi connectivity index (χ0v) is 9.29. The van der Waals surface area contributed by atoms with E-state index in [0.29, 0.717) is 0 Å². The first kappa shape index (κ1) is 12.5. The van der Waals surface area contributed by atoms with Gasteiger partial charge in [-0.1, -0.05) is 0 Å². The second-order valence-corrected chi connectivity index (χ2v) is 5.50. The van der Waals surface area contributed by atoms with E-state index in [1.165, 1.54) is 0 Å². The molecule has 0 saturated carbocycles. The minimum atomic E-state index is -1.40. The molecule has 0 atom stereocenters. The molecular weight excluding hydrogens is 247 g/mol. The Hall–Kier alpha value is 0.880. The second-order valence-electron chi connectivity index (χ2n) is 1.83. The predicted molar refractivity (Wildman–Crippen MR) is 39.7 cm³/mol. The topological polar surface area (TPSA) is 17.1 Å². The minimum absolute atomic E-state index is 0. The molecule has 0 aliphatic heterocycles. The van der Waals surface area contributed by atoms with Crippen molar-refractivity contribution < 1.29 is 28.2 Å². The van der Waals surface area contributed by atoms with E-state index in [0.717, 1.165) is 17.3 Å². The van der Waals surface area contributed by atoms with Crippen LogP contribution >= 0.6 is 0 Å². The van der Waals surface area contributed by atoms with Gasteiger partial charge in [0.05, 0.1) is 9.93 Å². The summed E-state index contributed by atoms with van der Waals surface area (Å²) >= 11 is 0. The van der Waals surface area contributed by atoms with Gasteiger partial charge in [0.2, 0.25) is 0 Å². The van der Waals surface area contributed by atoms with Crippen LogP contribution in [0.15, 0.2) is 0 Å². The Morgan fingerprint density at radius 1 is 1.00 bits per heavy atom. The number of rotatable bonds is 3. The van der Waals surface area contributed by atoms with Crippen LogP contribution in [0.3, 0.4) is 0 Å². The van der Waals surface area contributed by atoms with E-state index in [4.69, 9.17) is 0 Å². The summed E-state index contributed by atoms with van der Waals surface area (Å²) in [6.07, 6.45) is 0. The van der Waals surface area contributed by atoms with Crippen molar-refractivity contribution in [3.63, 3.8) is 0 Å². The standard InChI is InChI=1S/C6H15OS.HI/c1-4-8(7,5-2)6-3;/h4-6H2,1-3H3;1H/q+1;/p-1. The molecule has 0 heterocycles. The van der Waals surface area contributed by atoms with Crippen LogP contribution in [0.25, 0.3) is 0 Å². The van der Waals surface area contributed by atoms with Gasteiger partial charge >= 0.3 is 0 Å². The van der Waals surface area contributed by atoms with Crippen molar-refractivity contribution in [1.82, 2.24) is 0 Å². The van der Waals surface area contributed by atoms with E-state index in [2.05, 4.69) is 0 Å². The Morgan fingerprint density at radius 3 is 1.22 bits per heavy atom. The van der Waals surface area contributed by atoms with Gasteiger partial charge in [0.15, 0.2) is 0 Å². The summed E-state index contributed by atoms with van der Waals surface area (Å²) in [5.41, 5.74) is 0. The quantitative estimate of drug-likeness (QED) is 0.449. The highest BCUT2D eigenvalue weighted by molar-refractivity contribution is 8.02. The first-order chi connectivity index (χ1) is 3.68. The Balaban J connectivity index is 0. The van der Waals surface area contributed by atoms with Crippen molar-refractivity contribution in [2.45, 2.75) is 20.8 Å². The van der Waals surface area contributed by atoms with Crippen molar-refractivity contribution in [2.24, 2.45) is 0 Å². The van der Waals surface area contributed by atoms with Gasteiger partial charge in [-0.3, -0.25) is 0 Å². The van der Waals surface area contributed by atoms with E-state index in [1.807, 2.05) is 20.8 Å². The zero-order valence-electron chi connectivity index (χ0n) is 6.32. The summed E-state index contributed by atoms with van der Waals surface area (Å²) in [4.78, 5) is 0. The molecule has 0 aliphatic carbocycles. The minimum Gasteiger partial charge on any atom is -1.00 e. The molecule has 0 radical (unpaired) electrons. The normalized spacial score (nSPS) is 10.6. The van der Waals surface area contributed by atoms with Crippen LogP contribution in [-0.2, 0) is 14.1 Å². The van der Waals surface area contributed by atoms with Crippen LogP contribution in [0, 0.1) is 0 Å². The fraction of sp³-hybridized carbons (Fsp3) is 1.00. The highest BCUT2D eigenvalue weighted by Gasteiger charge is 2.17. The molecule has 0 saturated heterocycles. The summed E-state index contributed by atoms with van der Waals surface area (Å²) in [6, 6.07) is 0. The van der Waals surface area contributed by atoms with Gasteiger partial charge < -0.3 is 24.0 Å². The van der Waals surface area contributed by atoms with Gasteiger partial charge in [-0.05, 0) is 20.8 Å². The van der Waals surface area contributed by atoms with Crippen LogP contribution in [0.4, 0.5) is 0 Å². The molecule has 0 spiro atoms. The molecule has 0 aromatic rings. The smallest absolute Gasteiger partial charge is 0.109 e.